The van der Waals surface area contributed by atoms with E-state index in [0.717, 1.165) is 43.2 Å². The van der Waals surface area contributed by atoms with Crippen LogP contribution in [-0.4, -0.2) is 28.8 Å². The molecule has 0 aromatic heterocycles. The minimum absolute atomic E-state index is 0.0515. The zero-order valence-electron chi connectivity index (χ0n) is 21.7. The van der Waals surface area contributed by atoms with Crippen molar-refractivity contribution in [3.05, 3.63) is 107 Å². The van der Waals surface area contributed by atoms with E-state index in [2.05, 4.69) is 36.5 Å². The van der Waals surface area contributed by atoms with Crippen LogP contribution in [0.4, 0.5) is 4.39 Å². The first-order valence-electron chi connectivity index (χ1n) is 13.5. The molecule has 1 atom stereocenters. The molecular weight excluding hydrogens is 463 g/mol. The molecule has 1 fully saturated rings. The Balaban J connectivity index is 1.60. The normalized spacial score (nSPS) is 14.3. The van der Waals surface area contributed by atoms with Crippen LogP contribution in [0.1, 0.15) is 61.3 Å². The molecule has 0 heterocycles. The van der Waals surface area contributed by atoms with Crippen molar-refractivity contribution in [3.63, 3.8) is 0 Å². The lowest BCUT2D eigenvalue weighted by atomic mass is 10.0. The van der Waals surface area contributed by atoms with Crippen LogP contribution < -0.4 is 5.32 Å². The second-order valence-electron chi connectivity index (χ2n) is 9.98. The number of nitrogens with zero attached hydrogens (tertiary/aromatic N) is 1. The highest BCUT2D eigenvalue weighted by Gasteiger charge is 2.32. The number of halogens is 1. The molecule has 1 aliphatic carbocycles. The summed E-state index contributed by atoms with van der Waals surface area (Å²) in [7, 11) is 0. The van der Waals surface area contributed by atoms with E-state index in [-0.39, 0.29) is 36.6 Å². The standard InChI is InChI=1S/C32H37FN2O2/c1-2-24-16-18-25(19-17-24)20-21-31(36)35(23-27-12-6-9-15-29(27)33)30(22-26-10-4-3-5-11-26)32(37)34-28-13-7-8-14-28/h3-6,9-12,15-19,28,30H,2,7-8,13-14,20-23H2,1H3,(H,34,37)/t30-/m0/s1. The van der Waals surface area contributed by atoms with Gasteiger partial charge in [0, 0.05) is 31.0 Å². The number of hydrogen-bond acceptors (Lipinski definition) is 2. The molecule has 5 heteroatoms. The van der Waals surface area contributed by atoms with Gasteiger partial charge in [-0.15, -0.1) is 0 Å². The highest BCUT2D eigenvalue weighted by Crippen LogP contribution is 2.21. The van der Waals surface area contributed by atoms with Crippen molar-refractivity contribution in [1.82, 2.24) is 10.2 Å². The SMILES string of the molecule is CCc1ccc(CCC(=O)N(Cc2ccccc2F)[C@@H](Cc2ccccc2)C(=O)NC2CCCC2)cc1. The summed E-state index contributed by atoms with van der Waals surface area (Å²) in [5.41, 5.74) is 3.71. The summed E-state index contributed by atoms with van der Waals surface area (Å²) in [4.78, 5) is 29.0. The van der Waals surface area contributed by atoms with Crippen molar-refractivity contribution in [3.8, 4) is 0 Å². The van der Waals surface area contributed by atoms with Gasteiger partial charge in [-0.1, -0.05) is 92.6 Å². The molecule has 1 saturated carbocycles. The number of nitrogens with one attached hydrogen (secondary N) is 1. The smallest absolute Gasteiger partial charge is 0.243 e. The Kier molecular flexibility index (Phi) is 9.47. The monoisotopic (exact) mass is 500 g/mol. The van der Waals surface area contributed by atoms with Crippen molar-refractivity contribution in [2.24, 2.45) is 0 Å². The molecule has 3 aromatic carbocycles. The van der Waals surface area contributed by atoms with Gasteiger partial charge >= 0.3 is 0 Å². The maximum absolute atomic E-state index is 14.7. The van der Waals surface area contributed by atoms with E-state index >= 15 is 0 Å². The molecule has 194 valence electrons. The average molecular weight is 501 g/mol. The molecule has 0 saturated heterocycles. The fourth-order valence-corrected chi connectivity index (χ4v) is 5.07. The molecule has 0 aliphatic heterocycles. The maximum atomic E-state index is 14.7. The Hall–Kier alpha value is -3.47. The zero-order chi connectivity index (χ0) is 26.0. The van der Waals surface area contributed by atoms with Crippen LogP contribution >= 0.6 is 0 Å². The van der Waals surface area contributed by atoms with E-state index in [0.29, 0.717) is 18.4 Å². The van der Waals surface area contributed by atoms with E-state index in [1.165, 1.54) is 11.6 Å². The van der Waals surface area contributed by atoms with Gasteiger partial charge in [0.1, 0.15) is 11.9 Å². The summed E-state index contributed by atoms with van der Waals surface area (Å²) >= 11 is 0. The minimum Gasteiger partial charge on any atom is -0.352 e. The van der Waals surface area contributed by atoms with Gasteiger partial charge in [0.25, 0.3) is 0 Å². The van der Waals surface area contributed by atoms with Crippen LogP contribution in [0.15, 0.2) is 78.9 Å². The third-order valence-corrected chi connectivity index (χ3v) is 7.33. The summed E-state index contributed by atoms with van der Waals surface area (Å²) < 4.78 is 14.7. The third kappa shape index (κ3) is 7.51. The second kappa shape index (κ2) is 13.2. The van der Waals surface area contributed by atoms with E-state index in [1.807, 2.05) is 30.3 Å². The second-order valence-corrected chi connectivity index (χ2v) is 9.98. The third-order valence-electron chi connectivity index (χ3n) is 7.33. The predicted molar refractivity (Wildman–Crippen MR) is 145 cm³/mol. The van der Waals surface area contributed by atoms with Gasteiger partial charge in [-0.25, -0.2) is 4.39 Å². The van der Waals surface area contributed by atoms with Crippen LogP contribution in [0.3, 0.4) is 0 Å². The number of carbonyl (C=O) groups excluding carboxylic acids is 2. The van der Waals surface area contributed by atoms with Crippen molar-refractivity contribution in [2.75, 3.05) is 0 Å². The van der Waals surface area contributed by atoms with E-state index in [4.69, 9.17) is 0 Å². The van der Waals surface area contributed by atoms with Crippen LogP contribution in [0.5, 0.6) is 0 Å². The first-order valence-corrected chi connectivity index (χ1v) is 13.5. The van der Waals surface area contributed by atoms with Gasteiger partial charge in [-0.3, -0.25) is 9.59 Å². The summed E-state index contributed by atoms with van der Waals surface area (Å²) in [5.74, 6) is -0.678. The van der Waals surface area contributed by atoms with Gasteiger partial charge < -0.3 is 10.2 Å². The van der Waals surface area contributed by atoms with Gasteiger partial charge in [0.05, 0.1) is 0 Å². The number of aryl methyl sites for hydroxylation is 2. The Morgan fingerprint density at radius 2 is 1.54 bits per heavy atom. The summed E-state index contributed by atoms with van der Waals surface area (Å²) in [6.07, 6.45) is 6.28. The van der Waals surface area contributed by atoms with Crippen LogP contribution in [0.25, 0.3) is 0 Å². The highest BCUT2D eigenvalue weighted by atomic mass is 19.1. The first kappa shape index (κ1) is 26.6. The zero-order valence-corrected chi connectivity index (χ0v) is 21.7. The van der Waals surface area contributed by atoms with Gasteiger partial charge in [-0.2, -0.15) is 0 Å². The van der Waals surface area contributed by atoms with Crippen molar-refractivity contribution in [1.29, 1.82) is 0 Å². The molecular formula is C32H37FN2O2. The van der Waals surface area contributed by atoms with Crippen molar-refractivity contribution >= 4 is 11.8 Å². The highest BCUT2D eigenvalue weighted by molar-refractivity contribution is 5.88. The van der Waals surface area contributed by atoms with Crippen LogP contribution in [0.2, 0.25) is 0 Å². The largest absolute Gasteiger partial charge is 0.352 e. The number of hydrogen-bond donors (Lipinski definition) is 1. The summed E-state index contributed by atoms with van der Waals surface area (Å²) in [5, 5.41) is 3.19. The molecule has 0 bridgehead atoms. The maximum Gasteiger partial charge on any atom is 0.243 e. The van der Waals surface area contributed by atoms with Crippen molar-refractivity contribution < 1.29 is 14.0 Å². The first-order chi connectivity index (χ1) is 18.0. The molecule has 0 spiro atoms. The lowest BCUT2D eigenvalue weighted by Crippen LogP contribution is -2.52. The van der Waals surface area contributed by atoms with Gasteiger partial charge in [0.15, 0.2) is 0 Å². The van der Waals surface area contributed by atoms with Crippen molar-refractivity contribution in [2.45, 2.75) is 76.9 Å². The number of rotatable bonds is 11. The average Bonchev–Trinajstić information content (AvgIpc) is 3.44. The Labute approximate surface area is 219 Å². The fraction of sp³-hybridized carbons (Fsp3) is 0.375. The number of carbonyl (C=O) groups is 2. The Morgan fingerprint density at radius 1 is 0.892 bits per heavy atom. The minimum atomic E-state index is -0.724. The molecule has 0 unspecified atom stereocenters. The van der Waals surface area contributed by atoms with Gasteiger partial charge in [-0.05, 0) is 48.4 Å². The van der Waals surface area contributed by atoms with Gasteiger partial charge in [0.2, 0.25) is 11.8 Å². The lowest BCUT2D eigenvalue weighted by molar-refractivity contribution is -0.141. The topological polar surface area (TPSA) is 49.4 Å². The Bertz CT molecular complexity index is 1160. The van der Waals surface area contributed by atoms with Crippen LogP contribution in [-0.2, 0) is 35.4 Å². The molecule has 4 nitrogen and oxygen atoms in total. The molecule has 37 heavy (non-hydrogen) atoms. The summed E-state index contributed by atoms with van der Waals surface area (Å²) in [6, 6.07) is 23.9. The lowest BCUT2D eigenvalue weighted by Gasteiger charge is -2.32. The molecule has 2 amide bonds. The number of amides is 2. The quantitative estimate of drug-likeness (QED) is 0.350. The van der Waals surface area contributed by atoms with E-state index in [1.54, 1.807) is 23.1 Å². The van der Waals surface area contributed by atoms with Crippen LogP contribution in [0, 0.1) is 5.82 Å². The molecule has 0 radical (unpaired) electrons. The summed E-state index contributed by atoms with van der Waals surface area (Å²) in [6.45, 7) is 2.17. The number of benzene rings is 3. The molecule has 3 aromatic rings. The fourth-order valence-electron chi connectivity index (χ4n) is 5.07. The molecule has 1 aliphatic rings. The van der Waals surface area contributed by atoms with E-state index in [9.17, 15) is 14.0 Å². The predicted octanol–water partition coefficient (Wildman–Crippen LogP) is 6.02. The Morgan fingerprint density at radius 3 is 2.22 bits per heavy atom. The molecule has 1 N–H and O–H groups in total. The molecule has 4 rings (SSSR count). The van der Waals surface area contributed by atoms with E-state index < -0.39 is 6.04 Å².